The maximum atomic E-state index is 14.6. The highest BCUT2D eigenvalue weighted by Crippen LogP contribution is 2.27. The van der Waals surface area contributed by atoms with E-state index < -0.39 is 6.04 Å². The molecule has 0 bridgehead atoms. The number of para-hydroxylation sites is 1. The lowest BCUT2D eigenvalue weighted by Gasteiger charge is -2.32. The summed E-state index contributed by atoms with van der Waals surface area (Å²) < 4.78 is 33.8. The van der Waals surface area contributed by atoms with Crippen LogP contribution in [0.2, 0.25) is 5.02 Å². The Morgan fingerprint density at radius 2 is 1.58 bits per heavy atom. The van der Waals surface area contributed by atoms with Gasteiger partial charge < -0.3 is 10.1 Å². The Balaban J connectivity index is 0.00000176. The standard InChI is InChI=1S/C27H27ClF2N2O2.C2H6/c28-21-11-9-19(10-12-21)26(22-5-1-2-6-23(22)29)31-27(33)20-13-15-32(16-14-20)17-18-34-25-8-4-3-7-24(25)30;1-2/h1-12,20,26H,13-18H2,(H,31,33);1-2H3. The molecule has 1 saturated heterocycles. The van der Waals surface area contributed by atoms with Gasteiger partial charge in [0, 0.05) is 23.0 Å². The quantitative estimate of drug-likeness (QED) is 0.366. The Bertz CT molecular complexity index is 1100. The molecule has 1 aliphatic rings. The van der Waals surface area contributed by atoms with Gasteiger partial charge in [-0.05, 0) is 61.8 Å². The van der Waals surface area contributed by atoms with Gasteiger partial charge in [-0.2, -0.15) is 0 Å². The van der Waals surface area contributed by atoms with E-state index >= 15 is 0 Å². The predicted octanol–water partition coefficient (Wildman–Crippen LogP) is 6.64. The van der Waals surface area contributed by atoms with Crippen molar-refractivity contribution in [1.29, 1.82) is 0 Å². The first kappa shape index (κ1) is 27.6. The lowest BCUT2D eigenvalue weighted by atomic mass is 9.93. The average molecular weight is 515 g/mol. The largest absolute Gasteiger partial charge is 0.489 e. The minimum Gasteiger partial charge on any atom is -0.489 e. The van der Waals surface area contributed by atoms with Crippen molar-refractivity contribution in [3.63, 3.8) is 0 Å². The molecule has 36 heavy (non-hydrogen) atoms. The molecular formula is C29H33ClF2N2O2. The third-order valence-corrected chi connectivity index (χ3v) is 6.42. The van der Waals surface area contributed by atoms with Gasteiger partial charge in [0.1, 0.15) is 12.4 Å². The van der Waals surface area contributed by atoms with Crippen molar-refractivity contribution in [3.8, 4) is 5.75 Å². The molecule has 0 aliphatic carbocycles. The minimum atomic E-state index is -0.599. The first-order chi connectivity index (χ1) is 17.5. The number of carbonyl (C=O) groups excluding carboxylic acids is 1. The van der Waals surface area contributed by atoms with Gasteiger partial charge >= 0.3 is 0 Å². The Morgan fingerprint density at radius 1 is 0.972 bits per heavy atom. The van der Waals surface area contributed by atoms with Crippen LogP contribution >= 0.6 is 11.6 Å². The van der Waals surface area contributed by atoms with Crippen molar-refractivity contribution in [1.82, 2.24) is 10.2 Å². The second-order valence-corrected chi connectivity index (χ2v) is 8.85. The summed E-state index contributed by atoms with van der Waals surface area (Å²) in [6.07, 6.45) is 1.38. The van der Waals surface area contributed by atoms with Crippen LogP contribution in [-0.2, 0) is 4.79 Å². The summed E-state index contributed by atoms with van der Waals surface area (Å²) in [5.74, 6) is -0.746. The smallest absolute Gasteiger partial charge is 0.223 e. The molecule has 7 heteroatoms. The van der Waals surface area contributed by atoms with E-state index in [4.69, 9.17) is 16.3 Å². The SMILES string of the molecule is CC.O=C(NC(c1ccc(Cl)cc1)c1ccccc1F)C1CCN(CCOc2ccccc2F)CC1. The first-order valence-corrected chi connectivity index (χ1v) is 12.8. The van der Waals surface area contributed by atoms with Gasteiger partial charge in [-0.15, -0.1) is 0 Å². The molecule has 192 valence electrons. The third kappa shape index (κ3) is 7.52. The molecule has 1 atom stereocenters. The molecule has 0 saturated carbocycles. The Hall–Kier alpha value is -2.96. The molecule has 4 nitrogen and oxygen atoms in total. The van der Waals surface area contributed by atoms with Crippen molar-refractivity contribution in [2.24, 2.45) is 5.92 Å². The molecule has 1 unspecified atom stereocenters. The van der Waals surface area contributed by atoms with E-state index in [9.17, 15) is 13.6 Å². The van der Waals surface area contributed by atoms with Gasteiger partial charge in [0.05, 0.1) is 6.04 Å². The molecule has 3 aromatic rings. The van der Waals surface area contributed by atoms with Gasteiger partial charge in [0.25, 0.3) is 0 Å². The summed E-state index contributed by atoms with van der Waals surface area (Å²) in [6.45, 7) is 6.52. The molecule has 0 spiro atoms. The number of nitrogens with one attached hydrogen (secondary N) is 1. The summed E-state index contributed by atoms with van der Waals surface area (Å²) >= 11 is 6.02. The topological polar surface area (TPSA) is 41.6 Å². The van der Waals surface area contributed by atoms with Crippen molar-refractivity contribution in [3.05, 3.63) is 101 Å². The fourth-order valence-corrected chi connectivity index (χ4v) is 4.36. The number of hydrogen-bond acceptors (Lipinski definition) is 3. The van der Waals surface area contributed by atoms with Crippen molar-refractivity contribution >= 4 is 17.5 Å². The molecule has 1 N–H and O–H groups in total. The second-order valence-electron chi connectivity index (χ2n) is 8.41. The zero-order valence-corrected chi connectivity index (χ0v) is 21.5. The highest BCUT2D eigenvalue weighted by molar-refractivity contribution is 6.30. The van der Waals surface area contributed by atoms with Crippen LogP contribution in [0.3, 0.4) is 0 Å². The van der Waals surface area contributed by atoms with Gasteiger partial charge in [-0.3, -0.25) is 9.69 Å². The maximum Gasteiger partial charge on any atom is 0.223 e. The van der Waals surface area contributed by atoms with E-state index in [2.05, 4.69) is 10.2 Å². The van der Waals surface area contributed by atoms with Crippen molar-refractivity contribution < 1.29 is 18.3 Å². The van der Waals surface area contributed by atoms with Gasteiger partial charge in [0.15, 0.2) is 11.6 Å². The molecule has 1 heterocycles. The molecular weight excluding hydrogens is 482 g/mol. The van der Waals surface area contributed by atoms with Gasteiger partial charge in [0.2, 0.25) is 5.91 Å². The number of rotatable bonds is 8. The van der Waals surface area contributed by atoms with E-state index in [1.54, 1.807) is 60.7 Å². The number of carbonyl (C=O) groups is 1. The lowest BCUT2D eigenvalue weighted by Crippen LogP contribution is -2.43. The van der Waals surface area contributed by atoms with E-state index in [1.807, 2.05) is 13.8 Å². The van der Waals surface area contributed by atoms with E-state index in [0.29, 0.717) is 36.6 Å². The summed E-state index contributed by atoms with van der Waals surface area (Å²) in [5.41, 5.74) is 1.19. The van der Waals surface area contributed by atoms with Crippen LogP contribution in [0.1, 0.15) is 43.9 Å². The number of hydrogen-bond donors (Lipinski definition) is 1. The van der Waals surface area contributed by atoms with Crippen LogP contribution in [0.5, 0.6) is 5.75 Å². The van der Waals surface area contributed by atoms with Gasteiger partial charge in [-0.1, -0.05) is 67.9 Å². The summed E-state index contributed by atoms with van der Waals surface area (Å²) in [4.78, 5) is 15.3. The predicted molar refractivity (Wildman–Crippen MR) is 140 cm³/mol. The second kappa shape index (κ2) is 14.0. The van der Waals surface area contributed by atoms with Gasteiger partial charge in [-0.25, -0.2) is 8.78 Å². The van der Waals surface area contributed by atoms with E-state index in [1.165, 1.54) is 12.1 Å². The number of likely N-dealkylation sites (tertiary alicyclic amines) is 1. The Morgan fingerprint density at radius 3 is 2.22 bits per heavy atom. The molecule has 0 aromatic heterocycles. The Labute approximate surface area is 217 Å². The van der Waals surface area contributed by atoms with E-state index in [-0.39, 0.29) is 29.2 Å². The van der Waals surface area contributed by atoms with Crippen molar-refractivity contribution in [2.75, 3.05) is 26.2 Å². The van der Waals surface area contributed by atoms with Crippen LogP contribution in [0, 0.1) is 17.6 Å². The number of halogens is 3. The highest BCUT2D eigenvalue weighted by atomic mass is 35.5. The van der Waals surface area contributed by atoms with E-state index in [0.717, 1.165) is 18.7 Å². The number of ether oxygens (including phenoxy) is 1. The van der Waals surface area contributed by atoms with Crippen molar-refractivity contribution in [2.45, 2.75) is 32.7 Å². The highest BCUT2D eigenvalue weighted by Gasteiger charge is 2.28. The minimum absolute atomic E-state index is 0.0922. The fraction of sp³-hybridized carbons (Fsp3) is 0.345. The molecule has 3 aromatic carbocycles. The van der Waals surface area contributed by atoms with Crippen LogP contribution in [0.4, 0.5) is 8.78 Å². The maximum absolute atomic E-state index is 14.6. The van der Waals surface area contributed by atoms with Crippen LogP contribution < -0.4 is 10.1 Å². The fourth-order valence-electron chi connectivity index (χ4n) is 4.23. The molecule has 1 fully saturated rings. The molecule has 4 rings (SSSR count). The average Bonchev–Trinajstić information content (AvgIpc) is 2.91. The van der Waals surface area contributed by atoms with Crippen LogP contribution in [0.15, 0.2) is 72.8 Å². The summed E-state index contributed by atoms with van der Waals surface area (Å²) in [5, 5.41) is 3.64. The number of benzene rings is 3. The number of piperidine rings is 1. The molecule has 0 radical (unpaired) electrons. The normalized spacial score (nSPS) is 14.9. The lowest BCUT2D eigenvalue weighted by molar-refractivity contribution is -0.127. The Kier molecular flexibility index (Phi) is 10.7. The zero-order valence-electron chi connectivity index (χ0n) is 20.7. The number of amides is 1. The first-order valence-electron chi connectivity index (χ1n) is 12.4. The summed E-state index contributed by atoms with van der Waals surface area (Å²) in [6, 6.07) is 19.3. The summed E-state index contributed by atoms with van der Waals surface area (Å²) in [7, 11) is 0. The van der Waals surface area contributed by atoms with Crippen LogP contribution in [-0.4, -0.2) is 37.0 Å². The van der Waals surface area contributed by atoms with Crippen LogP contribution in [0.25, 0.3) is 0 Å². The monoisotopic (exact) mass is 514 g/mol. The number of nitrogens with zero attached hydrogens (tertiary/aromatic N) is 1. The zero-order chi connectivity index (χ0) is 25.9. The molecule has 1 aliphatic heterocycles. The molecule has 1 amide bonds. The third-order valence-electron chi connectivity index (χ3n) is 6.17.